The third-order valence-corrected chi connectivity index (χ3v) is 10.4. The SMILES string of the molecule is COc1cc(S(C)(=C=O)=C=O)ccc1NCC#Cc1c(CC(F)(F)F)n(C)c2cc(-c3ccc4c(c3)CCNC4)c(-c3cnoc3)cc12. The first-order valence-corrected chi connectivity index (χ1v) is 17.0. The predicted molar refractivity (Wildman–Crippen MR) is 181 cm³/mol. The van der Waals surface area contributed by atoms with Crippen LogP contribution in [0.2, 0.25) is 0 Å². The molecule has 246 valence electrons. The molecule has 12 heteroatoms. The van der Waals surface area contributed by atoms with E-state index >= 15 is 0 Å². The van der Waals surface area contributed by atoms with Crippen LogP contribution in [0, 0.1) is 11.8 Å². The van der Waals surface area contributed by atoms with E-state index in [1.165, 1.54) is 30.8 Å². The average Bonchev–Trinajstić information content (AvgIpc) is 3.72. The van der Waals surface area contributed by atoms with Crippen molar-refractivity contribution in [3.63, 3.8) is 0 Å². The van der Waals surface area contributed by atoms with Gasteiger partial charge in [0.25, 0.3) is 0 Å². The Morgan fingerprint density at radius 3 is 2.56 bits per heavy atom. The number of fused-ring (bicyclic) bond motifs is 2. The Morgan fingerprint density at radius 1 is 1.06 bits per heavy atom. The van der Waals surface area contributed by atoms with Gasteiger partial charge in [-0.2, -0.15) is 13.2 Å². The quantitative estimate of drug-likeness (QED) is 0.148. The Balaban J connectivity index is 1.43. The topological polar surface area (TPSA) is 98.4 Å². The molecular weight excluding hydrogens is 641 g/mol. The van der Waals surface area contributed by atoms with E-state index in [9.17, 15) is 22.8 Å². The number of hydrogen-bond acceptors (Lipinski definition) is 7. The van der Waals surface area contributed by atoms with E-state index in [1.54, 1.807) is 46.5 Å². The molecule has 1 aliphatic heterocycles. The van der Waals surface area contributed by atoms with E-state index < -0.39 is 21.8 Å². The molecule has 3 aromatic carbocycles. The van der Waals surface area contributed by atoms with Gasteiger partial charge in [0.2, 0.25) is 0 Å². The summed E-state index contributed by atoms with van der Waals surface area (Å²) < 4.78 is 54.0. The minimum Gasteiger partial charge on any atom is -0.495 e. The van der Waals surface area contributed by atoms with Crippen molar-refractivity contribution in [3.05, 3.63) is 83.4 Å². The van der Waals surface area contributed by atoms with Crippen LogP contribution in [0.15, 0.2) is 70.4 Å². The van der Waals surface area contributed by atoms with Crippen LogP contribution < -0.4 is 15.4 Å². The first-order valence-electron chi connectivity index (χ1n) is 15.0. The zero-order valence-corrected chi connectivity index (χ0v) is 27.2. The van der Waals surface area contributed by atoms with Crippen LogP contribution in [-0.2, 0) is 36.0 Å². The molecule has 1 aliphatic rings. The van der Waals surface area contributed by atoms with Crippen molar-refractivity contribution in [2.75, 3.05) is 31.8 Å². The highest BCUT2D eigenvalue weighted by atomic mass is 32.2. The number of halogens is 3. The van der Waals surface area contributed by atoms with E-state index in [0.29, 0.717) is 32.8 Å². The van der Waals surface area contributed by atoms with Crippen molar-refractivity contribution in [2.24, 2.45) is 7.05 Å². The van der Waals surface area contributed by atoms with Gasteiger partial charge in [-0.1, -0.05) is 35.2 Å². The fourth-order valence-corrected chi connectivity index (χ4v) is 6.90. The number of anilines is 1. The zero-order valence-electron chi connectivity index (χ0n) is 26.4. The molecule has 3 heterocycles. The second-order valence-corrected chi connectivity index (χ2v) is 14.2. The van der Waals surface area contributed by atoms with Gasteiger partial charge < -0.3 is 24.5 Å². The highest BCUT2D eigenvalue weighted by Gasteiger charge is 2.32. The summed E-state index contributed by atoms with van der Waals surface area (Å²) in [5.41, 5.74) is 7.18. The smallest absolute Gasteiger partial charge is 0.394 e. The third kappa shape index (κ3) is 6.37. The van der Waals surface area contributed by atoms with Crippen LogP contribution in [0.5, 0.6) is 5.75 Å². The van der Waals surface area contributed by atoms with Gasteiger partial charge >= 0.3 is 6.18 Å². The zero-order chi connectivity index (χ0) is 34.1. The summed E-state index contributed by atoms with van der Waals surface area (Å²) in [7, 11) is 0.533. The Morgan fingerprint density at radius 2 is 1.85 bits per heavy atom. The molecular formula is C36H31F3N4O4S. The number of methoxy groups -OCH3 is 1. The van der Waals surface area contributed by atoms with Gasteiger partial charge in [-0.15, -0.1) is 0 Å². The number of carbonyl (C=O) groups excluding carboxylic acids is 2. The fourth-order valence-electron chi connectivity index (χ4n) is 5.99. The lowest BCUT2D eigenvalue weighted by atomic mass is 9.90. The van der Waals surface area contributed by atoms with Crippen LogP contribution in [-0.4, -0.2) is 52.8 Å². The summed E-state index contributed by atoms with van der Waals surface area (Å²) in [6.07, 6.45) is -0.155. The van der Waals surface area contributed by atoms with E-state index in [-0.39, 0.29) is 17.8 Å². The number of hydrogen-bond donors (Lipinski definition) is 2. The van der Waals surface area contributed by atoms with Gasteiger partial charge in [-0.05, 0) is 86.6 Å². The van der Waals surface area contributed by atoms with Crippen molar-refractivity contribution < 1.29 is 32.0 Å². The molecule has 0 unspecified atom stereocenters. The molecule has 0 fully saturated rings. The van der Waals surface area contributed by atoms with Crippen molar-refractivity contribution in [3.8, 4) is 39.8 Å². The van der Waals surface area contributed by atoms with E-state index in [1.807, 2.05) is 18.2 Å². The fraction of sp³-hybridized carbons (Fsp3) is 0.250. The molecule has 0 spiro atoms. The lowest BCUT2D eigenvalue weighted by Crippen LogP contribution is -2.23. The highest BCUT2D eigenvalue weighted by Crippen LogP contribution is 2.40. The summed E-state index contributed by atoms with van der Waals surface area (Å²) in [6, 6.07) is 14.9. The number of ether oxygens (including phenoxy) is 1. The molecule has 48 heavy (non-hydrogen) atoms. The highest BCUT2D eigenvalue weighted by molar-refractivity contribution is 8.27. The first kappa shape index (κ1) is 32.8. The van der Waals surface area contributed by atoms with Gasteiger partial charge in [-0.3, -0.25) is 0 Å². The summed E-state index contributed by atoms with van der Waals surface area (Å²) in [6.45, 7) is 1.74. The largest absolute Gasteiger partial charge is 0.495 e. The Bertz CT molecular complexity index is 2260. The number of aromatic nitrogens is 2. The number of benzene rings is 3. The molecule has 8 nitrogen and oxygen atoms in total. The number of alkyl halides is 3. The Kier molecular flexibility index (Phi) is 8.97. The molecule has 0 saturated heterocycles. The van der Waals surface area contributed by atoms with Crippen LogP contribution >= 0.6 is 9.21 Å². The molecule has 0 atom stereocenters. The third-order valence-electron chi connectivity index (χ3n) is 8.53. The van der Waals surface area contributed by atoms with Gasteiger partial charge in [0.05, 0.1) is 37.5 Å². The second-order valence-electron chi connectivity index (χ2n) is 11.5. The molecule has 0 amide bonds. The molecule has 0 radical (unpaired) electrons. The van der Waals surface area contributed by atoms with Crippen LogP contribution in [0.3, 0.4) is 0 Å². The average molecular weight is 673 g/mol. The van der Waals surface area contributed by atoms with Gasteiger partial charge in [0.1, 0.15) is 12.0 Å². The van der Waals surface area contributed by atoms with E-state index in [2.05, 4.69) is 39.8 Å². The maximum atomic E-state index is 13.9. The van der Waals surface area contributed by atoms with Crippen LogP contribution in [0.4, 0.5) is 18.9 Å². The molecule has 2 aromatic heterocycles. The maximum Gasteiger partial charge on any atom is 0.394 e. The molecule has 5 aromatic rings. The summed E-state index contributed by atoms with van der Waals surface area (Å²) in [5.74, 6) is 6.36. The summed E-state index contributed by atoms with van der Waals surface area (Å²) in [4.78, 5) is 23.3. The number of nitrogens with zero attached hydrogens (tertiary/aromatic N) is 2. The van der Waals surface area contributed by atoms with Gasteiger partial charge in [-0.25, -0.2) is 9.59 Å². The van der Waals surface area contributed by atoms with Gasteiger partial charge in [0, 0.05) is 40.6 Å². The minimum absolute atomic E-state index is 0.0503. The first-order chi connectivity index (χ1) is 23.0. The molecule has 0 bridgehead atoms. The molecule has 6 rings (SSSR count). The van der Waals surface area contributed by atoms with Crippen LogP contribution in [0.1, 0.15) is 22.4 Å². The molecule has 2 N–H and O–H groups in total. The van der Waals surface area contributed by atoms with Gasteiger partial charge in [0.15, 0.2) is 10.5 Å². The monoisotopic (exact) mass is 672 g/mol. The summed E-state index contributed by atoms with van der Waals surface area (Å²) >= 11 is 0. The second kappa shape index (κ2) is 13.1. The Labute approximate surface area is 275 Å². The molecule has 0 aliphatic carbocycles. The number of rotatable bonds is 7. The standard InChI is InChI=1S/C36H31F3N4O4S/c1-43-33-16-30(24-6-7-25-18-40-12-10-23(25)13-24)29(26-19-42-47-20-26)15-31(33)28(34(43)17-36(37,38)39)5-4-11-41-32-9-8-27(14-35(32)46-2)48(3,21-44)22-45/h6-9,13-16,19-20,40-41H,10-12,17-18H2,1-3H3. The predicted octanol–water partition coefficient (Wildman–Crippen LogP) is 6.65. The van der Waals surface area contributed by atoms with Crippen molar-refractivity contribution in [1.29, 1.82) is 0 Å². The lowest BCUT2D eigenvalue weighted by molar-refractivity contribution is -0.128. The van der Waals surface area contributed by atoms with Crippen molar-refractivity contribution in [2.45, 2.75) is 30.5 Å². The maximum absolute atomic E-state index is 13.9. The van der Waals surface area contributed by atoms with E-state index in [0.717, 1.165) is 36.2 Å². The number of aryl methyl sites for hydroxylation is 1. The minimum atomic E-state index is -4.47. The number of nitrogens with one attached hydrogen (secondary N) is 2. The van der Waals surface area contributed by atoms with E-state index in [4.69, 9.17) is 9.26 Å². The lowest BCUT2D eigenvalue weighted by Gasteiger charge is -2.19. The van der Waals surface area contributed by atoms with Crippen LogP contribution in [0.25, 0.3) is 33.2 Å². The Hall–Kier alpha value is -5.17. The summed E-state index contributed by atoms with van der Waals surface area (Å²) in [5, 5.41) is 14.5. The molecule has 0 saturated carbocycles. The normalized spacial score (nSPS) is 12.9. The van der Waals surface area contributed by atoms with Crippen molar-refractivity contribution >= 4 is 36.3 Å². The van der Waals surface area contributed by atoms with Crippen molar-refractivity contribution in [1.82, 2.24) is 15.0 Å².